The molecule has 0 saturated heterocycles. The molecule has 1 aromatic heterocycles. The van der Waals surface area contributed by atoms with E-state index in [-0.39, 0.29) is 17.3 Å². The fourth-order valence-electron chi connectivity index (χ4n) is 3.79. The Morgan fingerprint density at radius 3 is 2.21 bits per heavy atom. The number of aromatic nitrogens is 2. The third-order valence-electron chi connectivity index (χ3n) is 5.43. The highest BCUT2D eigenvalue weighted by Gasteiger charge is 2.32. The number of nitro groups is 1. The van der Waals surface area contributed by atoms with Crippen LogP contribution in [-0.4, -0.2) is 26.4 Å². The number of rotatable bonds is 5. The number of amidine groups is 1. The zero-order valence-electron chi connectivity index (χ0n) is 18.2. The van der Waals surface area contributed by atoms with Crippen LogP contribution in [0.5, 0.6) is 0 Å². The van der Waals surface area contributed by atoms with Crippen molar-refractivity contribution >= 4 is 29.3 Å². The lowest BCUT2D eigenvalue weighted by molar-refractivity contribution is -0.384. The number of para-hydroxylation sites is 1. The maximum absolute atomic E-state index is 13.4. The first-order valence-corrected chi connectivity index (χ1v) is 10.6. The van der Waals surface area contributed by atoms with Crippen LogP contribution in [0.1, 0.15) is 12.5 Å². The summed E-state index contributed by atoms with van der Waals surface area (Å²) in [6.45, 7) is 1.76. The minimum Gasteiger partial charge on any atom is -0.266 e. The van der Waals surface area contributed by atoms with Crippen molar-refractivity contribution in [1.82, 2.24) is 9.78 Å². The molecule has 5 rings (SSSR count). The molecule has 0 spiro atoms. The van der Waals surface area contributed by atoms with Crippen molar-refractivity contribution in [2.24, 2.45) is 4.99 Å². The number of anilines is 1. The topological polar surface area (TPSA) is 93.6 Å². The zero-order valence-corrected chi connectivity index (χ0v) is 18.2. The lowest BCUT2D eigenvalue weighted by atomic mass is 10.1. The van der Waals surface area contributed by atoms with Crippen LogP contribution in [0.25, 0.3) is 23.0 Å². The van der Waals surface area contributed by atoms with E-state index in [9.17, 15) is 14.9 Å². The predicted molar refractivity (Wildman–Crippen MR) is 131 cm³/mol. The van der Waals surface area contributed by atoms with E-state index in [2.05, 4.69) is 4.99 Å². The highest BCUT2D eigenvalue weighted by Crippen LogP contribution is 2.31. The molecule has 4 aromatic rings. The van der Waals surface area contributed by atoms with Crippen LogP contribution in [0.2, 0.25) is 0 Å². The van der Waals surface area contributed by atoms with Gasteiger partial charge in [0.05, 0.1) is 16.3 Å². The van der Waals surface area contributed by atoms with Gasteiger partial charge in [-0.3, -0.25) is 14.9 Å². The minimum atomic E-state index is -0.462. The third-order valence-corrected chi connectivity index (χ3v) is 5.43. The Morgan fingerprint density at radius 2 is 1.56 bits per heavy atom. The number of hydrogen-bond donors (Lipinski definition) is 0. The average molecular weight is 449 g/mol. The first kappa shape index (κ1) is 21.0. The van der Waals surface area contributed by atoms with Crippen LogP contribution in [0.4, 0.5) is 11.5 Å². The van der Waals surface area contributed by atoms with Gasteiger partial charge in [-0.2, -0.15) is 5.10 Å². The SMILES string of the molecule is CC1=N/C(=C\c2ccc([N+](=O)[O-])cc2)C(=O)N1c1cc(-c2ccccc2)nn1-c1ccccc1. The van der Waals surface area contributed by atoms with Gasteiger partial charge in [-0.25, -0.2) is 14.6 Å². The summed E-state index contributed by atoms with van der Waals surface area (Å²) in [5.41, 5.74) is 3.35. The van der Waals surface area contributed by atoms with Crippen LogP contribution in [-0.2, 0) is 4.79 Å². The summed E-state index contributed by atoms with van der Waals surface area (Å²) in [6.07, 6.45) is 1.62. The van der Waals surface area contributed by atoms with Gasteiger partial charge in [-0.05, 0) is 42.8 Å². The molecular weight excluding hydrogens is 430 g/mol. The van der Waals surface area contributed by atoms with E-state index in [1.165, 1.54) is 17.0 Å². The van der Waals surface area contributed by atoms with Gasteiger partial charge < -0.3 is 0 Å². The molecule has 0 atom stereocenters. The Balaban J connectivity index is 1.56. The Morgan fingerprint density at radius 1 is 0.912 bits per heavy atom. The number of hydrogen-bond acceptors (Lipinski definition) is 5. The quantitative estimate of drug-likeness (QED) is 0.236. The Hall–Kier alpha value is -4.85. The maximum atomic E-state index is 13.4. The number of non-ortho nitro benzene ring substituents is 1. The van der Waals surface area contributed by atoms with Crippen LogP contribution in [0, 0.1) is 10.1 Å². The van der Waals surface area contributed by atoms with Crippen LogP contribution in [0.3, 0.4) is 0 Å². The fourth-order valence-corrected chi connectivity index (χ4v) is 3.79. The molecule has 0 aliphatic carbocycles. The summed E-state index contributed by atoms with van der Waals surface area (Å²) in [4.78, 5) is 29.9. The van der Waals surface area contributed by atoms with Crippen molar-refractivity contribution in [3.8, 4) is 16.9 Å². The van der Waals surface area contributed by atoms with Gasteiger partial charge in [-0.15, -0.1) is 0 Å². The molecule has 8 heteroatoms. The molecule has 34 heavy (non-hydrogen) atoms. The van der Waals surface area contributed by atoms with E-state index in [1.807, 2.05) is 66.7 Å². The van der Waals surface area contributed by atoms with Crippen molar-refractivity contribution in [3.63, 3.8) is 0 Å². The van der Waals surface area contributed by atoms with E-state index in [1.54, 1.807) is 29.8 Å². The zero-order chi connectivity index (χ0) is 23.7. The number of benzene rings is 3. The van der Waals surface area contributed by atoms with Gasteiger partial charge in [0.2, 0.25) is 0 Å². The van der Waals surface area contributed by atoms with E-state index in [4.69, 9.17) is 5.10 Å². The van der Waals surface area contributed by atoms with Crippen molar-refractivity contribution in [2.45, 2.75) is 6.92 Å². The number of carbonyl (C=O) groups excluding carboxylic acids is 1. The van der Waals surface area contributed by atoms with E-state index in [0.29, 0.717) is 17.2 Å². The molecule has 0 N–H and O–H groups in total. The molecule has 8 nitrogen and oxygen atoms in total. The second-order valence-electron chi connectivity index (χ2n) is 7.68. The van der Waals surface area contributed by atoms with E-state index < -0.39 is 4.92 Å². The highest BCUT2D eigenvalue weighted by atomic mass is 16.6. The van der Waals surface area contributed by atoms with Crippen molar-refractivity contribution in [3.05, 3.63) is 112 Å². The number of amides is 1. The molecule has 0 fully saturated rings. The smallest absolute Gasteiger partial charge is 0.266 e. The van der Waals surface area contributed by atoms with Crippen molar-refractivity contribution in [1.29, 1.82) is 0 Å². The minimum absolute atomic E-state index is 0.0126. The molecule has 0 bridgehead atoms. The van der Waals surface area contributed by atoms with Gasteiger partial charge in [0.25, 0.3) is 11.6 Å². The molecule has 1 amide bonds. The Labute approximate surface area is 195 Å². The summed E-state index contributed by atoms with van der Waals surface area (Å²) in [6, 6.07) is 27.2. The lowest BCUT2D eigenvalue weighted by Gasteiger charge is -2.17. The van der Waals surface area contributed by atoms with E-state index in [0.717, 1.165) is 16.9 Å². The first-order chi connectivity index (χ1) is 16.5. The van der Waals surface area contributed by atoms with E-state index >= 15 is 0 Å². The number of aliphatic imine (C=N–C) groups is 1. The second kappa shape index (κ2) is 8.59. The molecule has 3 aromatic carbocycles. The first-order valence-electron chi connectivity index (χ1n) is 10.6. The molecule has 166 valence electrons. The molecule has 0 radical (unpaired) electrons. The Bertz CT molecular complexity index is 1440. The molecule has 1 aliphatic rings. The van der Waals surface area contributed by atoms with Crippen LogP contribution < -0.4 is 4.90 Å². The summed E-state index contributed by atoms with van der Waals surface area (Å²) in [7, 11) is 0. The number of carbonyl (C=O) groups is 1. The van der Waals surface area contributed by atoms with Gasteiger partial charge in [0.15, 0.2) is 0 Å². The van der Waals surface area contributed by atoms with Crippen molar-refractivity contribution < 1.29 is 9.72 Å². The van der Waals surface area contributed by atoms with Gasteiger partial charge in [0.1, 0.15) is 17.4 Å². The number of nitro benzene ring substituents is 1. The highest BCUT2D eigenvalue weighted by molar-refractivity contribution is 6.28. The Kier molecular flexibility index (Phi) is 5.31. The summed E-state index contributed by atoms with van der Waals surface area (Å²) in [5.74, 6) is 0.783. The average Bonchev–Trinajstić information content (AvgIpc) is 3.41. The van der Waals surface area contributed by atoms with Gasteiger partial charge in [-0.1, -0.05) is 48.5 Å². The maximum Gasteiger partial charge on any atom is 0.283 e. The number of nitrogens with zero attached hydrogens (tertiary/aromatic N) is 5. The summed E-state index contributed by atoms with van der Waals surface area (Å²) in [5, 5.41) is 15.7. The van der Waals surface area contributed by atoms with Crippen molar-refractivity contribution in [2.75, 3.05) is 4.90 Å². The predicted octanol–water partition coefficient (Wildman–Crippen LogP) is 5.25. The third kappa shape index (κ3) is 3.88. The van der Waals surface area contributed by atoms with Gasteiger partial charge in [0, 0.05) is 23.8 Å². The summed E-state index contributed by atoms with van der Waals surface area (Å²) >= 11 is 0. The van der Waals surface area contributed by atoms with Gasteiger partial charge >= 0.3 is 0 Å². The molecule has 0 saturated carbocycles. The second-order valence-corrected chi connectivity index (χ2v) is 7.68. The lowest BCUT2D eigenvalue weighted by Crippen LogP contribution is -2.32. The molecular formula is C26H19N5O3. The monoisotopic (exact) mass is 449 g/mol. The molecule has 1 aliphatic heterocycles. The van der Waals surface area contributed by atoms with Crippen LogP contribution in [0.15, 0.2) is 102 Å². The molecule has 0 unspecified atom stereocenters. The normalized spacial score (nSPS) is 14.5. The summed E-state index contributed by atoms with van der Waals surface area (Å²) < 4.78 is 1.73. The largest absolute Gasteiger partial charge is 0.283 e. The fraction of sp³-hybridized carbons (Fsp3) is 0.0385. The standard InChI is InChI=1S/C26H19N5O3/c1-18-27-24(16-19-12-14-22(15-13-19)31(33)34)26(32)29(18)25-17-23(20-8-4-2-5-9-20)28-30(25)21-10-6-3-7-11-21/h2-17H,1H3/b24-16-. The van der Waals surface area contributed by atoms with Crippen LogP contribution >= 0.6 is 0 Å². The molecule has 2 heterocycles.